The second-order valence-electron chi connectivity index (χ2n) is 4.02. The standard InChI is InChI=1S/C13H12N2O3S/c1-7-5-10(8(2)19-7)12(16)15-9-3-4-11(13(17)18)14-6-9/h3-6H,1-2H3,(H,15,16)(H,17,18). The molecule has 2 heterocycles. The van der Waals surface area contributed by atoms with Gasteiger partial charge in [-0.1, -0.05) is 0 Å². The minimum absolute atomic E-state index is 0.0550. The maximum Gasteiger partial charge on any atom is 0.354 e. The first kappa shape index (κ1) is 13.2. The van der Waals surface area contributed by atoms with Crippen molar-refractivity contribution in [2.75, 3.05) is 5.32 Å². The normalized spacial score (nSPS) is 10.2. The van der Waals surface area contributed by atoms with E-state index in [0.717, 1.165) is 9.75 Å². The van der Waals surface area contributed by atoms with Gasteiger partial charge in [-0.25, -0.2) is 9.78 Å². The van der Waals surface area contributed by atoms with Crippen molar-refractivity contribution >= 4 is 28.9 Å². The van der Waals surface area contributed by atoms with Crippen LogP contribution in [0.2, 0.25) is 0 Å². The minimum Gasteiger partial charge on any atom is -0.477 e. The Kier molecular flexibility index (Phi) is 3.62. The lowest BCUT2D eigenvalue weighted by atomic mass is 10.2. The molecule has 0 atom stereocenters. The third kappa shape index (κ3) is 2.97. The van der Waals surface area contributed by atoms with Crippen LogP contribution in [0.5, 0.6) is 0 Å². The number of aromatic nitrogens is 1. The first-order chi connectivity index (χ1) is 8.97. The number of nitrogens with zero attached hydrogens (tertiary/aromatic N) is 1. The lowest BCUT2D eigenvalue weighted by molar-refractivity contribution is 0.0690. The summed E-state index contributed by atoms with van der Waals surface area (Å²) in [6.45, 7) is 3.83. The highest BCUT2D eigenvalue weighted by atomic mass is 32.1. The summed E-state index contributed by atoms with van der Waals surface area (Å²) in [6, 6.07) is 4.70. The second-order valence-corrected chi connectivity index (χ2v) is 5.48. The van der Waals surface area contributed by atoms with E-state index in [4.69, 9.17) is 5.11 Å². The molecule has 0 bridgehead atoms. The van der Waals surface area contributed by atoms with Crippen LogP contribution >= 0.6 is 11.3 Å². The highest BCUT2D eigenvalue weighted by molar-refractivity contribution is 7.12. The Bertz CT molecular complexity index is 632. The van der Waals surface area contributed by atoms with Crippen molar-refractivity contribution in [3.8, 4) is 0 Å². The third-order valence-electron chi connectivity index (χ3n) is 2.53. The number of thiophene rings is 1. The molecule has 2 aromatic heterocycles. The maximum absolute atomic E-state index is 12.0. The van der Waals surface area contributed by atoms with Crippen LogP contribution in [0.1, 0.15) is 30.6 Å². The van der Waals surface area contributed by atoms with Crippen molar-refractivity contribution < 1.29 is 14.7 Å². The van der Waals surface area contributed by atoms with E-state index in [-0.39, 0.29) is 11.6 Å². The van der Waals surface area contributed by atoms with Crippen LogP contribution in [0.15, 0.2) is 24.4 Å². The van der Waals surface area contributed by atoms with Gasteiger partial charge in [-0.05, 0) is 32.0 Å². The Balaban J connectivity index is 2.15. The van der Waals surface area contributed by atoms with E-state index in [0.29, 0.717) is 11.3 Å². The quantitative estimate of drug-likeness (QED) is 0.903. The highest BCUT2D eigenvalue weighted by Gasteiger charge is 2.12. The summed E-state index contributed by atoms with van der Waals surface area (Å²) in [5.41, 5.74) is 1.05. The van der Waals surface area contributed by atoms with Crippen LogP contribution in [-0.2, 0) is 0 Å². The fourth-order valence-corrected chi connectivity index (χ4v) is 2.57. The van der Waals surface area contributed by atoms with E-state index in [1.165, 1.54) is 18.3 Å². The van der Waals surface area contributed by atoms with Gasteiger partial charge in [-0.3, -0.25) is 4.79 Å². The van der Waals surface area contributed by atoms with Crippen molar-refractivity contribution in [3.05, 3.63) is 45.4 Å². The monoisotopic (exact) mass is 276 g/mol. The molecule has 98 valence electrons. The highest BCUT2D eigenvalue weighted by Crippen LogP contribution is 2.21. The molecule has 5 nitrogen and oxygen atoms in total. The number of aryl methyl sites for hydroxylation is 2. The Morgan fingerprint density at radius 3 is 2.53 bits per heavy atom. The number of anilines is 1. The van der Waals surface area contributed by atoms with Gasteiger partial charge >= 0.3 is 5.97 Å². The summed E-state index contributed by atoms with van der Waals surface area (Å²) in [5.74, 6) is -1.31. The molecule has 2 aromatic rings. The van der Waals surface area contributed by atoms with Crippen molar-refractivity contribution in [1.82, 2.24) is 4.98 Å². The summed E-state index contributed by atoms with van der Waals surface area (Å²) >= 11 is 1.56. The topological polar surface area (TPSA) is 79.3 Å². The number of hydrogen-bond acceptors (Lipinski definition) is 4. The maximum atomic E-state index is 12.0. The number of pyridine rings is 1. The van der Waals surface area contributed by atoms with Gasteiger partial charge in [0.05, 0.1) is 17.4 Å². The third-order valence-corrected chi connectivity index (χ3v) is 3.49. The van der Waals surface area contributed by atoms with Crippen LogP contribution in [0, 0.1) is 13.8 Å². The molecule has 0 aliphatic carbocycles. The lowest BCUT2D eigenvalue weighted by Gasteiger charge is -2.04. The molecular weight excluding hydrogens is 264 g/mol. The van der Waals surface area contributed by atoms with Crippen LogP contribution in [-0.4, -0.2) is 22.0 Å². The number of nitrogens with one attached hydrogen (secondary N) is 1. The van der Waals surface area contributed by atoms with Crippen molar-refractivity contribution in [2.45, 2.75) is 13.8 Å². The zero-order chi connectivity index (χ0) is 14.0. The van der Waals surface area contributed by atoms with E-state index in [1.807, 2.05) is 19.9 Å². The van der Waals surface area contributed by atoms with Crippen molar-refractivity contribution in [1.29, 1.82) is 0 Å². The van der Waals surface area contributed by atoms with Gasteiger partial charge in [0.25, 0.3) is 5.91 Å². The molecule has 0 aliphatic rings. The molecule has 2 rings (SSSR count). The molecule has 1 amide bonds. The zero-order valence-corrected chi connectivity index (χ0v) is 11.2. The molecule has 0 unspecified atom stereocenters. The number of carbonyl (C=O) groups excluding carboxylic acids is 1. The molecule has 0 fully saturated rings. The van der Waals surface area contributed by atoms with Gasteiger partial charge in [-0.2, -0.15) is 0 Å². The Hall–Kier alpha value is -2.21. The summed E-state index contributed by atoms with van der Waals surface area (Å²) in [7, 11) is 0. The summed E-state index contributed by atoms with van der Waals surface area (Å²) in [6.07, 6.45) is 1.33. The molecule has 0 saturated carbocycles. The Morgan fingerprint density at radius 2 is 2.05 bits per heavy atom. The molecular formula is C13H12N2O3S. The van der Waals surface area contributed by atoms with Crippen LogP contribution in [0.3, 0.4) is 0 Å². The van der Waals surface area contributed by atoms with Gasteiger partial charge in [-0.15, -0.1) is 11.3 Å². The second kappa shape index (κ2) is 5.19. The molecule has 0 spiro atoms. The van der Waals surface area contributed by atoms with E-state index in [9.17, 15) is 9.59 Å². The summed E-state index contributed by atoms with van der Waals surface area (Å²) < 4.78 is 0. The number of amides is 1. The van der Waals surface area contributed by atoms with Gasteiger partial charge in [0.2, 0.25) is 0 Å². The van der Waals surface area contributed by atoms with E-state index >= 15 is 0 Å². The number of rotatable bonds is 3. The number of carboxylic acids is 1. The average Bonchev–Trinajstić information content (AvgIpc) is 2.69. The van der Waals surface area contributed by atoms with Crippen LogP contribution in [0.4, 0.5) is 5.69 Å². The Morgan fingerprint density at radius 1 is 1.32 bits per heavy atom. The molecule has 0 radical (unpaired) electrons. The smallest absolute Gasteiger partial charge is 0.354 e. The first-order valence-corrected chi connectivity index (χ1v) is 6.37. The van der Waals surface area contributed by atoms with Gasteiger partial charge in [0, 0.05) is 9.75 Å². The summed E-state index contributed by atoms with van der Waals surface area (Å²) in [5, 5.41) is 11.4. The number of carboxylic acid groups (broad SMARTS) is 1. The molecule has 19 heavy (non-hydrogen) atoms. The average molecular weight is 276 g/mol. The predicted octanol–water partition coefficient (Wildman–Crippen LogP) is 2.71. The van der Waals surface area contributed by atoms with E-state index < -0.39 is 5.97 Å². The zero-order valence-electron chi connectivity index (χ0n) is 10.4. The fraction of sp³-hybridized carbons (Fsp3) is 0.154. The number of hydrogen-bond donors (Lipinski definition) is 2. The van der Waals surface area contributed by atoms with Crippen LogP contribution in [0.25, 0.3) is 0 Å². The van der Waals surface area contributed by atoms with Crippen molar-refractivity contribution in [3.63, 3.8) is 0 Å². The van der Waals surface area contributed by atoms with Gasteiger partial charge in [0.1, 0.15) is 5.69 Å². The van der Waals surface area contributed by atoms with Gasteiger partial charge in [0.15, 0.2) is 0 Å². The largest absolute Gasteiger partial charge is 0.477 e. The molecule has 0 aromatic carbocycles. The van der Waals surface area contributed by atoms with Gasteiger partial charge < -0.3 is 10.4 Å². The molecule has 6 heteroatoms. The Labute approximate surface area is 113 Å². The fourth-order valence-electron chi connectivity index (χ4n) is 1.65. The predicted molar refractivity (Wildman–Crippen MR) is 72.9 cm³/mol. The number of aromatic carboxylic acids is 1. The lowest BCUT2D eigenvalue weighted by Crippen LogP contribution is -2.12. The van der Waals surface area contributed by atoms with E-state index in [2.05, 4.69) is 10.3 Å². The number of carbonyl (C=O) groups is 2. The van der Waals surface area contributed by atoms with Crippen LogP contribution < -0.4 is 5.32 Å². The SMILES string of the molecule is Cc1cc(C(=O)Nc2ccc(C(=O)O)nc2)c(C)s1. The molecule has 0 saturated heterocycles. The summed E-state index contributed by atoms with van der Waals surface area (Å²) in [4.78, 5) is 28.4. The molecule has 2 N–H and O–H groups in total. The van der Waals surface area contributed by atoms with E-state index in [1.54, 1.807) is 11.3 Å². The van der Waals surface area contributed by atoms with Crippen molar-refractivity contribution in [2.24, 2.45) is 0 Å². The minimum atomic E-state index is -1.10. The molecule has 0 aliphatic heterocycles. The first-order valence-electron chi connectivity index (χ1n) is 5.55.